The summed E-state index contributed by atoms with van der Waals surface area (Å²) in [6.45, 7) is 6.01. The highest BCUT2D eigenvalue weighted by atomic mass is 32.1. The zero-order valence-electron chi connectivity index (χ0n) is 12.4. The van der Waals surface area contributed by atoms with Crippen LogP contribution < -0.4 is 5.56 Å². The average molecular weight is 308 g/mol. The van der Waals surface area contributed by atoms with E-state index >= 15 is 0 Å². The van der Waals surface area contributed by atoms with E-state index in [-0.39, 0.29) is 5.56 Å². The van der Waals surface area contributed by atoms with Crippen LogP contribution in [0.15, 0.2) is 10.9 Å². The average Bonchev–Trinajstić information content (AvgIpc) is 2.81. The zero-order valence-corrected chi connectivity index (χ0v) is 13.2. The van der Waals surface area contributed by atoms with Crippen molar-refractivity contribution in [3.05, 3.63) is 27.1 Å². The summed E-state index contributed by atoms with van der Waals surface area (Å²) in [5.41, 5.74) is 0.0773. The minimum atomic E-state index is -0.548. The molecule has 0 aliphatic carbocycles. The quantitative estimate of drug-likeness (QED) is 0.894. The van der Waals surface area contributed by atoms with E-state index in [1.54, 1.807) is 6.07 Å². The molecule has 0 aromatic carbocycles. The van der Waals surface area contributed by atoms with Crippen LogP contribution in [-0.2, 0) is 13.0 Å². The largest absolute Gasteiger partial charge is 0.387 e. The maximum absolute atomic E-state index is 12.0. The molecule has 114 valence electrons. The van der Waals surface area contributed by atoms with Crippen LogP contribution in [0.2, 0.25) is 0 Å². The Labute approximate surface area is 127 Å². The minimum Gasteiger partial charge on any atom is -0.387 e. The van der Waals surface area contributed by atoms with Crippen LogP contribution in [-0.4, -0.2) is 43.3 Å². The lowest BCUT2D eigenvalue weighted by molar-refractivity contribution is -0.107. The van der Waals surface area contributed by atoms with Gasteiger partial charge in [-0.1, -0.05) is 31.6 Å². The van der Waals surface area contributed by atoms with Crippen molar-refractivity contribution >= 4 is 16.3 Å². The Kier molecular flexibility index (Phi) is 3.81. The molecule has 1 fully saturated rings. The van der Waals surface area contributed by atoms with Gasteiger partial charge in [-0.3, -0.25) is 9.69 Å². The molecule has 0 spiro atoms. The van der Waals surface area contributed by atoms with Crippen LogP contribution >= 0.6 is 11.3 Å². The van der Waals surface area contributed by atoms with Crippen molar-refractivity contribution in [1.29, 1.82) is 0 Å². The molecule has 2 aromatic rings. The van der Waals surface area contributed by atoms with Gasteiger partial charge in [-0.05, 0) is 12.8 Å². The monoisotopic (exact) mass is 308 g/mol. The fraction of sp³-hybridized carbons (Fsp3) is 0.643. The van der Waals surface area contributed by atoms with Gasteiger partial charge in [-0.15, -0.1) is 0 Å². The van der Waals surface area contributed by atoms with Crippen LogP contribution in [0.5, 0.6) is 0 Å². The molecule has 6 nitrogen and oxygen atoms in total. The summed E-state index contributed by atoms with van der Waals surface area (Å²) in [5, 5.41) is 15.3. The number of β-amino-alcohol motifs (C(OH)–C–C–N with tert-alkyl or cyclic N) is 1. The van der Waals surface area contributed by atoms with Gasteiger partial charge in [0.2, 0.25) is 4.96 Å². The molecule has 3 rings (SSSR count). The lowest BCUT2D eigenvalue weighted by atomic mass is 9.89. The van der Waals surface area contributed by atoms with Crippen LogP contribution in [0.1, 0.15) is 37.4 Å². The van der Waals surface area contributed by atoms with Crippen LogP contribution in [0.25, 0.3) is 4.96 Å². The highest BCUT2D eigenvalue weighted by molar-refractivity contribution is 7.16. The SMILES string of the molecule is CCCC1(O)CN(Cc2cc(=O)n3nc(CC)sc3n2)C1. The summed E-state index contributed by atoms with van der Waals surface area (Å²) in [7, 11) is 0. The van der Waals surface area contributed by atoms with Crippen LogP contribution in [0, 0.1) is 0 Å². The van der Waals surface area contributed by atoms with Gasteiger partial charge in [0.1, 0.15) is 5.01 Å². The molecule has 0 amide bonds. The van der Waals surface area contributed by atoms with E-state index in [1.165, 1.54) is 15.9 Å². The van der Waals surface area contributed by atoms with Gasteiger partial charge in [0.15, 0.2) is 0 Å². The molecule has 0 unspecified atom stereocenters. The molecule has 0 saturated carbocycles. The molecule has 1 saturated heterocycles. The van der Waals surface area contributed by atoms with E-state index in [9.17, 15) is 9.90 Å². The highest BCUT2D eigenvalue weighted by Crippen LogP contribution is 2.26. The summed E-state index contributed by atoms with van der Waals surface area (Å²) in [6.07, 6.45) is 2.61. The van der Waals surface area contributed by atoms with Crippen LogP contribution in [0.3, 0.4) is 0 Å². The van der Waals surface area contributed by atoms with Crippen LogP contribution in [0.4, 0.5) is 0 Å². The third-order valence-electron chi connectivity index (χ3n) is 3.78. The predicted molar refractivity (Wildman–Crippen MR) is 81.6 cm³/mol. The van der Waals surface area contributed by atoms with Crippen molar-refractivity contribution in [3.63, 3.8) is 0 Å². The van der Waals surface area contributed by atoms with E-state index in [2.05, 4.69) is 21.9 Å². The van der Waals surface area contributed by atoms with Crippen molar-refractivity contribution in [2.75, 3.05) is 13.1 Å². The fourth-order valence-electron chi connectivity index (χ4n) is 2.87. The van der Waals surface area contributed by atoms with E-state index in [0.717, 1.165) is 30.0 Å². The van der Waals surface area contributed by atoms with Gasteiger partial charge < -0.3 is 5.11 Å². The third-order valence-corrected chi connectivity index (χ3v) is 4.83. The Morgan fingerprint density at radius 1 is 1.43 bits per heavy atom. The second-order valence-corrected chi connectivity index (χ2v) is 6.79. The normalized spacial score (nSPS) is 18.0. The number of rotatable bonds is 5. The number of hydrogen-bond donors (Lipinski definition) is 1. The Balaban J connectivity index is 1.75. The van der Waals surface area contributed by atoms with E-state index < -0.39 is 5.60 Å². The molecular formula is C14H20N4O2S. The molecule has 2 aromatic heterocycles. The number of aryl methyl sites for hydroxylation is 1. The molecule has 0 bridgehead atoms. The van der Waals surface area contributed by atoms with Gasteiger partial charge in [0.25, 0.3) is 5.56 Å². The molecular weight excluding hydrogens is 288 g/mol. The highest BCUT2D eigenvalue weighted by Gasteiger charge is 2.40. The Morgan fingerprint density at radius 3 is 2.86 bits per heavy atom. The lowest BCUT2D eigenvalue weighted by Crippen LogP contribution is -2.61. The number of hydrogen-bond acceptors (Lipinski definition) is 6. The maximum atomic E-state index is 12.0. The Morgan fingerprint density at radius 2 is 2.19 bits per heavy atom. The standard InChI is InChI=1S/C14H20N4O2S/c1-3-5-14(20)8-17(9-14)7-10-6-12(19)18-13(15-10)21-11(4-2)16-18/h6,20H,3-5,7-9H2,1-2H3. The second kappa shape index (κ2) is 5.47. The van der Waals surface area contributed by atoms with Crippen molar-refractivity contribution in [3.8, 4) is 0 Å². The molecule has 1 N–H and O–H groups in total. The van der Waals surface area contributed by atoms with Crippen molar-refractivity contribution in [2.45, 2.75) is 45.3 Å². The number of likely N-dealkylation sites (tertiary alicyclic amines) is 1. The number of aromatic nitrogens is 3. The molecule has 21 heavy (non-hydrogen) atoms. The van der Waals surface area contributed by atoms with Crippen molar-refractivity contribution in [2.24, 2.45) is 0 Å². The van der Waals surface area contributed by atoms with E-state index in [0.29, 0.717) is 24.6 Å². The molecule has 1 aliphatic rings. The third kappa shape index (κ3) is 2.86. The molecule has 7 heteroatoms. The predicted octanol–water partition coefficient (Wildman–Crippen LogP) is 1.06. The first-order chi connectivity index (χ1) is 10.0. The minimum absolute atomic E-state index is 0.129. The summed E-state index contributed by atoms with van der Waals surface area (Å²) in [4.78, 5) is 19.3. The summed E-state index contributed by atoms with van der Waals surface area (Å²) >= 11 is 1.46. The van der Waals surface area contributed by atoms with Gasteiger partial charge in [-0.25, -0.2) is 4.98 Å². The van der Waals surface area contributed by atoms with Gasteiger partial charge in [0, 0.05) is 25.7 Å². The first kappa shape index (κ1) is 14.6. The Hall–Kier alpha value is -1.31. The first-order valence-electron chi connectivity index (χ1n) is 7.36. The smallest absolute Gasteiger partial charge is 0.275 e. The fourth-order valence-corrected chi connectivity index (χ4v) is 3.73. The van der Waals surface area contributed by atoms with Gasteiger partial charge >= 0.3 is 0 Å². The molecule has 0 atom stereocenters. The van der Waals surface area contributed by atoms with Gasteiger partial charge in [-0.2, -0.15) is 9.61 Å². The summed E-state index contributed by atoms with van der Waals surface area (Å²) in [5.74, 6) is 0. The zero-order chi connectivity index (χ0) is 15.0. The number of aliphatic hydroxyl groups is 1. The summed E-state index contributed by atoms with van der Waals surface area (Å²) in [6, 6.07) is 1.54. The van der Waals surface area contributed by atoms with E-state index in [4.69, 9.17) is 0 Å². The first-order valence-corrected chi connectivity index (χ1v) is 8.18. The van der Waals surface area contributed by atoms with E-state index in [1.807, 2.05) is 6.92 Å². The number of fused-ring (bicyclic) bond motifs is 1. The second-order valence-electron chi connectivity index (χ2n) is 5.75. The Bertz CT molecular complexity index is 703. The molecule has 1 aliphatic heterocycles. The summed E-state index contributed by atoms with van der Waals surface area (Å²) < 4.78 is 1.37. The molecule has 0 radical (unpaired) electrons. The lowest BCUT2D eigenvalue weighted by Gasteiger charge is -2.46. The molecule has 3 heterocycles. The van der Waals surface area contributed by atoms with Crippen molar-refractivity contribution in [1.82, 2.24) is 19.5 Å². The topological polar surface area (TPSA) is 70.7 Å². The van der Waals surface area contributed by atoms with Gasteiger partial charge in [0.05, 0.1) is 11.3 Å². The van der Waals surface area contributed by atoms with Crippen molar-refractivity contribution < 1.29 is 5.11 Å². The number of nitrogens with zero attached hydrogens (tertiary/aromatic N) is 4. The maximum Gasteiger partial charge on any atom is 0.275 e.